The largest absolute Gasteiger partial charge is 0.207 e. The molecule has 0 nitrogen and oxygen atoms in total. The van der Waals surface area contributed by atoms with Gasteiger partial charge in [-0.3, -0.25) is 0 Å². The van der Waals surface area contributed by atoms with Crippen LogP contribution < -0.4 is 0 Å². The van der Waals surface area contributed by atoms with Gasteiger partial charge in [0.05, 0.1) is 0 Å². The number of benzene rings is 2. The highest BCUT2D eigenvalue weighted by Crippen LogP contribution is 2.35. The second-order valence-corrected chi connectivity index (χ2v) is 7.38. The Kier molecular flexibility index (Phi) is 6.30. The number of rotatable bonds is 5. The van der Waals surface area contributed by atoms with Crippen LogP contribution in [0.3, 0.4) is 0 Å². The molecule has 2 aromatic carbocycles. The molecule has 0 saturated heterocycles. The molecule has 0 aliphatic heterocycles. The Labute approximate surface area is 154 Å². The van der Waals surface area contributed by atoms with Crippen molar-refractivity contribution >= 4 is 59.4 Å². The molecule has 0 N–H and O–H groups in total. The molecule has 0 unspecified atom stereocenters. The molecule has 2 aromatic rings. The Balaban J connectivity index is 2.40. The Morgan fingerprint density at radius 2 is 1.62 bits per heavy atom. The van der Waals surface area contributed by atoms with Gasteiger partial charge in [0.2, 0.25) is 0 Å². The van der Waals surface area contributed by atoms with Gasteiger partial charge in [-0.2, -0.15) is 0 Å². The molecule has 112 valence electrons. The van der Waals surface area contributed by atoms with Gasteiger partial charge in [-0.15, -0.1) is 0 Å². The minimum Gasteiger partial charge on any atom is -0.207 e. The van der Waals surface area contributed by atoms with Crippen molar-refractivity contribution in [2.75, 3.05) is 10.7 Å². The van der Waals surface area contributed by atoms with Gasteiger partial charge < -0.3 is 0 Å². The predicted octanol–water partition coefficient (Wildman–Crippen LogP) is 6.51. The maximum atomic E-state index is 13.2. The smallest absolute Gasteiger partial charge is 0.124 e. The van der Waals surface area contributed by atoms with Crippen molar-refractivity contribution in [2.45, 2.75) is 11.8 Å². The first-order valence-electron chi connectivity index (χ1n) is 6.33. The summed E-state index contributed by atoms with van der Waals surface area (Å²) in [5.41, 5.74) is 2.15. The summed E-state index contributed by atoms with van der Waals surface area (Å²) in [5.74, 6) is -0.236. The van der Waals surface area contributed by atoms with E-state index in [1.807, 2.05) is 30.3 Å². The first-order chi connectivity index (χ1) is 10.0. The van der Waals surface area contributed by atoms with E-state index in [1.165, 1.54) is 17.7 Å². The van der Waals surface area contributed by atoms with Gasteiger partial charge in [0, 0.05) is 25.6 Å². The minimum absolute atomic E-state index is 0.120. The molecule has 0 heterocycles. The van der Waals surface area contributed by atoms with Gasteiger partial charge in [0.15, 0.2) is 0 Å². The Hall–Kier alpha value is 0.1000. The highest BCUT2D eigenvalue weighted by Gasteiger charge is 2.31. The SMILES string of the molecule is Fc1ccc(CC(CBr)(CBr)c2ccc(Cl)cc2)c(Br)c1. The van der Waals surface area contributed by atoms with Gasteiger partial charge in [0.25, 0.3) is 0 Å². The molecule has 0 radical (unpaired) electrons. The second-order valence-electron chi connectivity index (χ2n) is 4.97. The predicted molar refractivity (Wildman–Crippen MR) is 98.5 cm³/mol. The zero-order valence-corrected chi connectivity index (χ0v) is 16.6. The molecule has 21 heavy (non-hydrogen) atoms. The lowest BCUT2D eigenvalue weighted by atomic mass is 9.79. The number of alkyl halides is 2. The normalized spacial score (nSPS) is 11.7. The van der Waals surface area contributed by atoms with Gasteiger partial charge in [-0.05, 0) is 41.8 Å². The van der Waals surface area contributed by atoms with Crippen molar-refractivity contribution in [1.82, 2.24) is 0 Å². The summed E-state index contributed by atoms with van der Waals surface area (Å²) in [6.07, 6.45) is 0.784. The number of halogens is 5. The third-order valence-electron chi connectivity index (χ3n) is 3.51. The standard InChI is InChI=1S/C16H13Br3ClF/c17-9-16(10-18,12-2-4-13(20)5-3-12)8-11-1-6-14(21)7-15(11)19/h1-7H,8-10H2. The summed E-state index contributed by atoms with van der Waals surface area (Å²) in [4.78, 5) is 0. The van der Waals surface area contributed by atoms with Gasteiger partial charge in [-0.1, -0.05) is 77.6 Å². The van der Waals surface area contributed by atoms with Crippen LogP contribution in [0, 0.1) is 5.82 Å². The quantitative estimate of drug-likeness (QED) is 0.412. The van der Waals surface area contributed by atoms with E-state index in [4.69, 9.17) is 11.6 Å². The summed E-state index contributed by atoms with van der Waals surface area (Å²) in [6.45, 7) is 0. The van der Waals surface area contributed by atoms with E-state index in [9.17, 15) is 4.39 Å². The zero-order valence-electron chi connectivity index (χ0n) is 11.1. The summed E-state index contributed by atoms with van der Waals surface area (Å²) in [5, 5.41) is 2.30. The van der Waals surface area contributed by atoms with Gasteiger partial charge in [0.1, 0.15) is 5.82 Å². The molecule has 0 saturated carbocycles. The van der Waals surface area contributed by atoms with Crippen LogP contribution in [-0.2, 0) is 11.8 Å². The van der Waals surface area contributed by atoms with E-state index in [0.717, 1.165) is 32.1 Å². The first-order valence-corrected chi connectivity index (χ1v) is 9.74. The highest BCUT2D eigenvalue weighted by molar-refractivity contribution is 9.10. The second kappa shape index (κ2) is 7.58. The monoisotopic (exact) mass is 496 g/mol. The van der Waals surface area contributed by atoms with E-state index in [2.05, 4.69) is 47.8 Å². The molecule has 5 heteroatoms. The van der Waals surface area contributed by atoms with Crippen molar-refractivity contribution in [2.24, 2.45) is 0 Å². The van der Waals surface area contributed by atoms with Crippen LogP contribution in [0.25, 0.3) is 0 Å². The molecule has 0 fully saturated rings. The number of hydrogen-bond donors (Lipinski definition) is 0. The van der Waals surface area contributed by atoms with Crippen molar-refractivity contribution in [3.05, 3.63) is 68.9 Å². The molecule has 0 bridgehead atoms. The lowest BCUT2D eigenvalue weighted by Crippen LogP contribution is -2.33. The van der Waals surface area contributed by atoms with Crippen LogP contribution in [0.5, 0.6) is 0 Å². The van der Waals surface area contributed by atoms with Crippen molar-refractivity contribution in [3.63, 3.8) is 0 Å². The lowest BCUT2D eigenvalue weighted by Gasteiger charge is -2.31. The fourth-order valence-electron chi connectivity index (χ4n) is 2.22. The molecular formula is C16H13Br3ClF. The Morgan fingerprint density at radius 3 is 2.14 bits per heavy atom. The maximum absolute atomic E-state index is 13.2. The molecule has 0 aromatic heterocycles. The molecule has 0 amide bonds. The zero-order chi connectivity index (χ0) is 15.5. The molecule has 0 spiro atoms. The van der Waals surface area contributed by atoms with E-state index >= 15 is 0 Å². The summed E-state index contributed by atoms with van der Waals surface area (Å²) in [7, 11) is 0. The van der Waals surface area contributed by atoms with Crippen LogP contribution in [0.15, 0.2) is 46.9 Å². The van der Waals surface area contributed by atoms with Gasteiger partial charge >= 0.3 is 0 Å². The Morgan fingerprint density at radius 1 is 1.00 bits per heavy atom. The third-order valence-corrected chi connectivity index (χ3v) is 6.65. The van der Waals surface area contributed by atoms with E-state index in [0.29, 0.717) is 0 Å². The fraction of sp³-hybridized carbons (Fsp3) is 0.250. The molecular weight excluding hydrogens is 486 g/mol. The van der Waals surface area contributed by atoms with Crippen molar-refractivity contribution in [1.29, 1.82) is 0 Å². The highest BCUT2D eigenvalue weighted by atomic mass is 79.9. The summed E-state index contributed by atoms with van der Waals surface area (Å²) < 4.78 is 14.0. The summed E-state index contributed by atoms with van der Waals surface area (Å²) in [6, 6.07) is 12.7. The average molecular weight is 499 g/mol. The van der Waals surface area contributed by atoms with Crippen molar-refractivity contribution < 1.29 is 4.39 Å². The Bertz CT molecular complexity index is 609. The third kappa shape index (κ3) is 4.10. The number of hydrogen-bond acceptors (Lipinski definition) is 0. The fourth-order valence-corrected chi connectivity index (χ4v) is 4.81. The van der Waals surface area contributed by atoms with E-state index in [-0.39, 0.29) is 11.2 Å². The maximum Gasteiger partial charge on any atom is 0.124 e. The van der Waals surface area contributed by atoms with E-state index < -0.39 is 0 Å². The van der Waals surface area contributed by atoms with Crippen LogP contribution in [0.2, 0.25) is 5.02 Å². The topological polar surface area (TPSA) is 0 Å². The van der Waals surface area contributed by atoms with Crippen LogP contribution >= 0.6 is 59.4 Å². The van der Waals surface area contributed by atoms with Gasteiger partial charge in [-0.25, -0.2) is 4.39 Å². The summed E-state index contributed by atoms with van der Waals surface area (Å²) >= 11 is 16.7. The first kappa shape index (κ1) is 17.5. The molecule has 2 rings (SSSR count). The van der Waals surface area contributed by atoms with Crippen LogP contribution in [0.1, 0.15) is 11.1 Å². The molecule has 0 aliphatic rings. The van der Waals surface area contributed by atoms with Crippen LogP contribution in [-0.4, -0.2) is 10.7 Å². The molecule has 0 aliphatic carbocycles. The minimum atomic E-state index is -0.236. The van der Waals surface area contributed by atoms with E-state index in [1.54, 1.807) is 0 Å². The lowest BCUT2D eigenvalue weighted by molar-refractivity contribution is 0.548. The van der Waals surface area contributed by atoms with Crippen molar-refractivity contribution in [3.8, 4) is 0 Å². The van der Waals surface area contributed by atoms with Crippen LogP contribution in [0.4, 0.5) is 4.39 Å². The average Bonchev–Trinajstić information content (AvgIpc) is 2.48. The molecule has 0 atom stereocenters.